The molecule has 7 nitrogen and oxygen atoms in total. The van der Waals surface area contributed by atoms with Crippen LogP contribution in [0.2, 0.25) is 0 Å². The van der Waals surface area contributed by atoms with E-state index in [0.29, 0.717) is 0 Å². The summed E-state index contributed by atoms with van der Waals surface area (Å²) in [5, 5.41) is 11.3. The Bertz CT molecular complexity index is 843. The number of halogens is 1. The van der Waals surface area contributed by atoms with Gasteiger partial charge in [0.05, 0.1) is 6.61 Å². The third kappa shape index (κ3) is 3.03. The smallest absolute Gasteiger partial charge is 0.421 e. The second-order valence-electron chi connectivity index (χ2n) is 7.70. The van der Waals surface area contributed by atoms with Crippen LogP contribution in [0.3, 0.4) is 0 Å². The molecule has 26 heavy (non-hydrogen) atoms. The monoisotopic (exact) mass is 387 g/mol. The fourth-order valence-electron chi connectivity index (χ4n) is 3.40. The van der Waals surface area contributed by atoms with Crippen molar-refractivity contribution in [3.8, 4) is 5.75 Å². The third-order valence-electron chi connectivity index (χ3n) is 4.70. The molecule has 1 saturated carbocycles. The van der Waals surface area contributed by atoms with Gasteiger partial charge < -0.3 is 14.6 Å². The van der Waals surface area contributed by atoms with Crippen LogP contribution >= 0.6 is 0 Å². The summed E-state index contributed by atoms with van der Waals surface area (Å²) in [4.78, 5) is 12.0. The first-order valence-corrected chi connectivity index (χ1v) is 9.79. The quantitative estimate of drug-likeness (QED) is 0.824. The zero-order valence-corrected chi connectivity index (χ0v) is 15.7. The van der Waals surface area contributed by atoms with Crippen molar-refractivity contribution in [3.05, 3.63) is 29.6 Å². The maximum absolute atomic E-state index is 13.5. The van der Waals surface area contributed by atoms with Crippen LogP contribution in [-0.2, 0) is 20.4 Å². The topological polar surface area (TPSA) is 102 Å². The number of sulfonamides is 1. The molecule has 0 radical (unpaired) electrons. The van der Waals surface area contributed by atoms with Crippen molar-refractivity contribution in [2.24, 2.45) is 0 Å². The zero-order chi connectivity index (χ0) is 19.4. The van der Waals surface area contributed by atoms with Gasteiger partial charge in [-0.25, -0.2) is 22.3 Å². The van der Waals surface area contributed by atoms with E-state index in [2.05, 4.69) is 0 Å². The molecule has 1 aliphatic heterocycles. The van der Waals surface area contributed by atoms with Crippen molar-refractivity contribution in [3.63, 3.8) is 0 Å². The minimum atomic E-state index is -4.26. The van der Waals surface area contributed by atoms with Crippen molar-refractivity contribution in [1.29, 1.82) is 0 Å². The molecule has 3 rings (SSSR count). The standard InChI is InChI=1S/C17H22FNO6S/c1-15(2,3)25-14(20)19-26(22,23)16(6-7-16)17(21)8-9-24-13-10-11(18)4-5-12(13)17/h4-5,10,21H,6-9H2,1-3H3,(H,19,20). The Kier molecular flexibility index (Phi) is 4.23. The Hall–Kier alpha value is -1.87. The summed E-state index contributed by atoms with van der Waals surface area (Å²) >= 11 is 0. The average Bonchev–Trinajstić information content (AvgIpc) is 3.26. The summed E-state index contributed by atoms with van der Waals surface area (Å²) in [5.41, 5.74) is -2.45. The number of nitrogens with one attached hydrogen (secondary N) is 1. The van der Waals surface area contributed by atoms with Gasteiger partial charge in [-0.3, -0.25) is 0 Å². The Balaban J connectivity index is 1.95. The maximum atomic E-state index is 13.5. The van der Waals surface area contributed by atoms with Crippen molar-refractivity contribution < 1.29 is 32.2 Å². The number of ether oxygens (including phenoxy) is 2. The average molecular weight is 387 g/mol. The van der Waals surface area contributed by atoms with Crippen molar-refractivity contribution in [2.75, 3.05) is 6.61 Å². The number of fused-ring (bicyclic) bond motifs is 1. The van der Waals surface area contributed by atoms with Crippen LogP contribution in [0.5, 0.6) is 5.75 Å². The molecule has 2 N–H and O–H groups in total. The summed E-state index contributed by atoms with van der Waals surface area (Å²) in [6, 6.07) is 3.58. The number of amides is 1. The van der Waals surface area contributed by atoms with Crippen LogP contribution in [-0.4, -0.2) is 36.6 Å². The van der Waals surface area contributed by atoms with E-state index in [1.807, 2.05) is 4.72 Å². The molecule has 1 fully saturated rings. The fourth-order valence-corrected chi connectivity index (χ4v) is 5.15. The first kappa shape index (κ1) is 18.9. The first-order valence-electron chi connectivity index (χ1n) is 8.31. The van der Waals surface area contributed by atoms with Gasteiger partial charge in [0, 0.05) is 18.1 Å². The molecule has 1 amide bonds. The van der Waals surface area contributed by atoms with Gasteiger partial charge in [-0.05, 0) is 45.7 Å². The lowest BCUT2D eigenvalue weighted by Gasteiger charge is -2.40. The van der Waals surface area contributed by atoms with Gasteiger partial charge >= 0.3 is 6.09 Å². The lowest BCUT2D eigenvalue weighted by molar-refractivity contribution is -0.0147. The van der Waals surface area contributed by atoms with Gasteiger partial charge in [0.1, 0.15) is 27.5 Å². The van der Waals surface area contributed by atoms with Gasteiger partial charge in [0.25, 0.3) is 0 Å². The molecule has 1 heterocycles. The largest absolute Gasteiger partial charge is 0.493 e. The molecule has 9 heteroatoms. The normalized spacial score (nSPS) is 24.2. The number of carbonyl (C=O) groups excluding carboxylic acids is 1. The molecule has 0 saturated heterocycles. The fraction of sp³-hybridized carbons (Fsp3) is 0.588. The van der Waals surface area contributed by atoms with E-state index in [1.165, 1.54) is 6.07 Å². The zero-order valence-electron chi connectivity index (χ0n) is 14.8. The van der Waals surface area contributed by atoms with Gasteiger partial charge in [0.2, 0.25) is 10.0 Å². The summed E-state index contributed by atoms with van der Waals surface area (Å²) in [6.45, 7) is 4.88. The number of aliphatic hydroxyl groups is 1. The van der Waals surface area contributed by atoms with Gasteiger partial charge in [0.15, 0.2) is 0 Å². The highest BCUT2D eigenvalue weighted by molar-refractivity contribution is 7.91. The minimum Gasteiger partial charge on any atom is -0.493 e. The molecule has 0 spiro atoms. The Morgan fingerprint density at radius 3 is 2.54 bits per heavy atom. The van der Waals surface area contributed by atoms with Crippen LogP contribution in [0.15, 0.2) is 18.2 Å². The highest BCUT2D eigenvalue weighted by atomic mass is 32.2. The predicted octanol–water partition coefficient (Wildman–Crippen LogP) is 2.18. The van der Waals surface area contributed by atoms with Crippen molar-refractivity contribution in [1.82, 2.24) is 4.72 Å². The van der Waals surface area contributed by atoms with E-state index in [1.54, 1.807) is 20.8 Å². The maximum Gasteiger partial charge on any atom is 0.421 e. The van der Waals surface area contributed by atoms with E-state index >= 15 is 0 Å². The Morgan fingerprint density at radius 1 is 1.31 bits per heavy atom. The molecule has 0 bridgehead atoms. The molecule has 1 aromatic carbocycles. The van der Waals surface area contributed by atoms with Crippen LogP contribution in [0.25, 0.3) is 0 Å². The van der Waals surface area contributed by atoms with Gasteiger partial charge in [-0.1, -0.05) is 0 Å². The molecule has 2 aliphatic rings. The summed E-state index contributed by atoms with van der Waals surface area (Å²) in [6.07, 6.45) is -0.753. The highest BCUT2D eigenvalue weighted by Crippen LogP contribution is 2.59. The summed E-state index contributed by atoms with van der Waals surface area (Å²) in [5.74, 6) is -0.440. The molecule has 0 aromatic heterocycles. The number of benzene rings is 1. The Morgan fingerprint density at radius 2 is 1.96 bits per heavy atom. The lowest BCUT2D eigenvalue weighted by Crippen LogP contribution is -2.54. The number of hydrogen-bond acceptors (Lipinski definition) is 6. The van der Waals surface area contributed by atoms with E-state index in [0.717, 1.165) is 12.1 Å². The van der Waals surface area contributed by atoms with E-state index in [9.17, 15) is 22.7 Å². The van der Waals surface area contributed by atoms with Crippen molar-refractivity contribution >= 4 is 16.1 Å². The second kappa shape index (κ2) is 5.82. The van der Waals surface area contributed by atoms with Crippen LogP contribution in [0.4, 0.5) is 9.18 Å². The number of rotatable bonds is 3. The molecule has 1 aliphatic carbocycles. The summed E-state index contributed by atoms with van der Waals surface area (Å²) in [7, 11) is -4.26. The minimum absolute atomic E-state index is 0.0147. The Labute approximate surface area is 151 Å². The second-order valence-corrected chi connectivity index (χ2v) is 9.69. The predicted molar refractivity (Wildman–Crippen MR) is 90.7 cm³/mol. The molecular weight excluding hydrogens is 365 g/mol. The molecular formula is C17H22FNO6S. The first-order chi connectivity index (χ1) is 11.9. The van der Waals surface area contributed by atoms with Crippen LogP contribution in [0.1, 0.15) is 45.6 Å². The lowest BCUT2D eigenvalue weighted by atomic mass is 9.83. The van der Waals surface area contributed by atoms with Gasteiger partial charge in [-0.2, -0.15) is 0 Å². The molecule has 1 atom stereocenters. The third-order valence-corrected chi connectivity index (χ3v) is 6.91. The van der Waals surface area contributed by atoms with Gasteiger partial charge in [-0.15, -0.1) is 0 Å². The number of hydrogen-bond donors (Lipinski definition) is 2. The van der Waals surface area contributed by atoms with E-state index in [-0.39, 0.29) is 37.2 Å². The van der Waals surface area contributed by atoms with E-state index in [4.69, 9.17) is 9.47 Å². The van der Waals surface area contributed by atoms with Crippen LogP contribution < -0.4 is 9.46 Å². The van der Waals surface area contributed by atoms with Crippen LogP contribution in [0, 0.1) is 5.82 Å². The van der Waals surface area contributed by atoms with Crippen molar-refractivity contribution in [2.45, 2.75) is 56.0 Å². The summed E-state index contributed by atoms with van der Waals surface area (Å²) < 4.78 is 50.0. The molecule has 1 aromatic rings. The molecule has 144 valence electrons. The molecule has 1 unspecified atom stereocenters. The highest BCUT2D eigenvalue weighted by Gasteiger charge is 2.69. The van der Waals surface area contributed by atoms with E-state index < -0.39 is 37.9 Å². The SMILES string of the molecule is CC(C)(C)OC(=O)NS(=O)(=O)C1(C2(O)CCOc3cc(F)ccc32)CC1. The number of carbonyl (C=O) groups is 1.